The second-order valence-corrected chi connectivity index (χ2v) is 21.5. The maximum absolute atomic E-state index is 12.5. The van der Waals surface area contributed by atoms with Gasteiger partial charge in [-0.1, -0.05) is 56.7 Å². The standard InChI is InChI=1S/C61H83N3O18S/c1-47-54(15-12-16-56-61(2,3)52-46-50(83(68,69)70)19-21-53(52)63(56)24-11-7-10-17-59(67)82-64-57(65)22-23-58(64)66)81-55-45-49(18-20-51(55)60(47)48-13-8-6-9-14-48)62(25-27-73-33-35-77-41-43-79-39-37-75-31-29-71-4)26-28-74-34-36-78-42-44-80-40-38-76-32-30-72-5/h6,8-9,12-16,18-21,45-46H,7,10-11,17,22-44H2,1-5H3/p+1. The summed E-state index contributed by atoms with van der Waals surface area (Å²) in [5.41, 5.74) is 5.56. The van der Waals surface area contributed by atoms with Crippen LogP contribution in [0.4, 0.5) is 5.69 Å². The lowest BCUT2D eigenvalue weighted by atomic mass is 9.83. The van der Waals surface area contributed by atoms with Crippen molar-refractivity contribution < 1.29 is 84.0 Å². The van der Waals surface area contributed by atoms with E-state index in [2.05, 4.69) is 33.7 Å². The van der Waals surface area contributed by atoms with Crippen LogP contribution in [-0.4, -0.2) is 189 Å². The Bertz CT molecular complexity index is 2820. The van der Waals surface area contributed by atoms with Crippen molar-refractivity contribution in [3.63, 3.8) is 0 Å². The van der Waals surface area contributed by atoms with Crippen molar-refractivity contribution in [2.45, 2.75) is 69.6 Å². The Morgan fingerprint density at radius 3 is 1.73 bits per heavy atom. The summed E-state index contributed by atoms with van der Waals surface area (Å²) in [5, 5.41) is 1.47. The van der Waals surface area contributed by atoms with E-state index in [9.17, 15) is 27.4 Å². The number of ether oxygens (including phenoxy) is 10. The lowest BCUT2D eigenvalue weighted by Gasteiger charge is -2.27. The maximum Gasteiger partial charge on any atom is 0.333 e. The van der Waals surface area contributed by atoms with Gasteiger partial charge in [0.2, 0.25) is 5.36 Å². The third kappa shape index (κ3) is 21.1. The first kappa shape index (κ1) is 66.4. The van der Waals surface area contributed by atoms with Gasteiger partial charge in [-0.05, 0) is 72.9 Å². The van der Waals surface area contributed by atoms with E-state index in [1.165, 1.54) is 12.1 Å². The quantitative estimate of drug-likeness (QED) is 0.0212. The molecule has 0 unspecified atom stereocenters. The van der Waals surface area contributed by atoms with E-state index in [1.807, 2.05) is 63.3 Å². The average Bonchev–Trinajstić information content (AvgIpc) is 4.13. The van der Waals surface area contributed by atoms with Gasteiger partial charge in [0.1, 0.15) is 24.7 Å². The Balaban J connectivity index is 1.20. The molecule has 1 fully saturated rings. The molecule has 1 saturated heterocycles. The molecule has 3 aliphatic heterocycles. The molecule has 2 amide bonds. The number of fused-ring (bicyclic) bond motifs is 2. The van der Waals surface area contributed by atoms with Crippen LogP contribution in [0, 0.1) is 6.92 Å². The van der Waals surface area contributed by atoms with Gasteiger partial charge in [-0.3, -0.25) is 14.1 Å². The Hall–Kier alpha value is -5.73. The molecule has 0 bridgehead atoms. The number of unbranched alkanes of at least 4 members (excludes halogenated alkanes) is 2. The van der Waals surface area contributed by atoms with Gasteiger partial charge in [-0.2, -0.15) is 8.42 Å². The summed E-state index contributed by atoms with van der Waals surface area (Å²) >= 11 is 0. The summed E-state index contributed by atoms with van der Waals surface area (Å²) in [4.78, 5) is 43.5. The molecule has 0 aromatic heterocycles. The fourth-order valence-corrected chi connectivity index (χ4v) is 9.99. The van der Waals surface area contributed by atoms with Crippen LogP contribution in [0.5, 0.6) is 0 Å². The van der Waals surface area contributed by atoms with Crippen molar-refractivity contribution in [1.29, 1.82) is 0 Å². The molecule has 2 aromatic rings. The van der Waals surface area contributed by atoms with Crippen molar-refractivity contribution in [1.82, 2.24) is 9.64 Å². The first-order valence-corrected chi connectivity index (χ1v) is 29.8. The Morgan fingerprint density at radius 1 is 0.675 bits per heavy atom. The van der Waals surface area contributed by atoms with Crippen LogP contribution in [0.3, 0.4) is 0 Å². The largest absolute Gasteiger partial charge is 0.456 e. The number of allylic oxidation sites excluding steroid dienone is 3. The van der Waals surface area contributed by atoms with Gasteiger partial charge in [-0.25, -0.2) is 9.37 Å². The van der Waals surface area contributed by atoms with E-state index in [0.29, 0.717) is 174 Å². The highest BCUT2D eigenvalue weighted by molar-refractivity contribution is 7.85. The highest BCUT2D eigenvalue weighted by atomic mass is 32.2. The normalized spacial score (nSPS) is 14.7. The number of methoxy groups -OCH3 is 2. The monoisotopic (exact) mass is 1180 g/mol. The van der Waals surface area contributed by atoms with E-state index in [1.54, 1.807) is 20.3 Å². The van der Waals surface area contributed by atoms with Crippen molar-refractivity contribution >= 4 is 39.7 Å². The van der Waals surface area contributed by atoms with Gasteiger partial charge in [0.05, 0.1) is 117 Å². The molecule has 1 N–H and O–H groups in total. The van der Waals surface area contributed by atoms with Crippen LogP contribution in [0.2, 0.25) is 0 Å². The topological polar surface area (TPSA) is 230 Å². The Kier molecular flexibility index (Phi) is 28.4. The summed E-state index contributed by atoms with van der Waals surface area (Å²) in [5.74, 6) is -0.419. The number of carbonyl (C=O) groups is 3. The molecule has 0 saturated carbocycles. The second kappa shape index (κ2) is 35.5. The molecule has 0 radical (unpaired) electrons. The number of anilines is 1. The second-order valence-electron chi connectivity index (χ2n) is 20.1. The fourth-order valence-electron chi connectivity index (χ4n) is 9.49. The summed E-state index contributed by atoms with van der Waals surface area (Å²) in [6.45, 7) is 16.1. The van der Waals surface area contributed by atoms with Crippen LogP contribution in [-0.2, 0) is 82.1 Å². The zero-order chi connectivity index (χ0) is 59.3. The molecule has 0 spiro atoms. The van der Waals surface area contributed by atoms with E-state index in [4.69, 9.17) is 56.6 Å². The Labute approximate surface area is 488 Å². The van der Waals surface area contributed by atoms with Gasteiger partial charge in [0.15, 0.2) is 13.1 Å². The predicted molar refractivity (Wildman–Crippen MR) is 310 cm³/mol. The SMILES string of the molecule is COCCOCCOCCOCCOCC[N+](CCOCCOCCOCCOCCOC)=c1ccc2c(-c3ccccc3)c(C)c(/C=C/C=C3/N(CCCCCC(=O)ON4C(=O)CCC4=O)c4ccc(S(=O)(=O)O)cc4C3(C)C)oc-2c1. The van der Waals surface area contributed by atoms with E-state index in [0.717, 1.165) is 44.6 Å². The van der Waals surface area contributed by atoms with Crippen molar-refractivity contribution in [2.75, 3.05) is 158 Å². The molecule has 2 aromatic carbocycles. The van der Waals surface area contributed by atoms with Crippen LogP contribution in [0.1, 0.15) is 69.3 Å². The molecule has 6 rings (SSSR count). The summed E-state index contributed by atoms with van der Waals surface area (Å²) in [6, 6.07) is 21.0. The number of nitrogens with zero attached hydrogens (tertiary/aromatic N) is 3. The van der Waals surface area contributed by atoms with Crippen LogP contribution < -0.4 is 14.8 Å². The molecule has 0 atom stereocenters. The zero-order valence-electron chi connectivity index (χ0n) is 48.8. The first-order valence-electron chi connectivity index (χ1n) is 28.4. The number of hydrogen-bond donors (Lipinski definition) is 1. The molecule has 456 valence electrons. The van der Waals surface area contributed by atoms with Gasteiger partial charge >= 0.3 is 5.97 Å². The minimum absolute atomic E-state index is 0.0189. The number of carbonyl (C=O) groups excluding carboxylic acids is 3. The third-order valence-corrected chi connectivity index (χ3v) is 14.7. The smallest absolute Gasteiger partial charge is 0.333 e. The van der Waals surface area contributed by atoms with E-state index >= 15 is 0 Å². The minimum atomic E-state index is -4.49. The van der Waals surface area contributed by atoms with Crippen LogP contribution >= 0.6 is 0 Å². The lowest BCUT2D eigenvalue weighted by molar-refractivity contribution is -0.197. The van der Waals surface area contributed by atoms with Crippen LogP contribution in [0.15, 0.2) is 93.9 Å². The first-order chi connectivity index (χ1) is 40.2. The van der Waals surface area contributed by atoms with Gasteiger partial charge in [-0.15, -0.1) is 5.06 Å². The third-order valence-electron chi connectivity index (χ3n) is 13.9. The van der Waals surface area contributed by atoms with Crippen molar-refractivity contribution in [2.24, 2.45) is 0 Å². The summed E-state index contributed by atoms with van der Waals surface area (Å²) in [7, 11) is -1.23. The average molecular weight is 1180 g/mol. The number of hydrogen-bond acceptors (Lipinski definition) is 18. The number of amides is 2. The van der Waals surface area contributed by atoms with Gasteiger partial charge < -0.3 is 61.5 Å². The van der Waals surface area contributed by atoms with Gasteiger partial charge in [0.25, 0.3) is 21.9 Å². The molecule has 1 aliphatic carbocycles. The maximum atomic E-state index is 12.5. The molecule has 83 heavy (non-hydrogen) atoms. The van der Waals surface area contributed by atoms with Crippen molar-refractivity contribution in [3.05, 3.63) is 107 Å². The zero-order valence-corrected chi connectivity index (χ0v) is 49.6. The number of rotatable bonds is 41. The molecule has 22 heteroatoms. The molecule has 21 nitrogen and oxygen atoms in total. The highest BCUT2D eigenvalue weighted by Crippen LogP contribution is 2.49. The molecule has 3 heterocycles. The van der Waals surface area contributed by atoms with Gasteiger partial charge in [0, 0.05) is 74.0 Å². The number of hydroxylamine groups is 2. The minimum Gasteiger partial charge on any atom is -0.456 e. The summed E-state index contributed by atoms with van der Waals surface area (Å²) < 4.78 is 99.5. The Morgan fingerprint density at radius 2 is 1.20 bits per heavy atom. The number of benzene rings is 3. The van der Waals surface area contributed by atoms with Crippen molar-refractivity contribution in [3.8, 4) is 22.5 Å². The highest BCUT2D eigenvalue weighted by Gasteiger charge is 2.40. The number of imide groups is 1. The fraction of sp³-hybridized carbons (Fsp3) is 0.541. The molecule has 4 aliphatic rings. The summed E-state index contributed by atoms with van der Waals surface area (Å²) in [6.07, 6.45) is 7.63. The van der Waals surface area contributed by atoms with Crippen LogP contribution in [0.25, 0.3) is 28.5 Å². The molecular weight excluding hydrogens is 1090 g/mol. The lowest BCUT2D eigenvalue weighted by Crippen LogP contribution is -2.36. The van der Waals surface area contributed by atoms with E-state index in [-0.39, 0.29) is 24.2 Å². The predicted octanol–water partition coefficient (Wildman–Crippen LogP) is 6.67. The van der Waals surface area contributed by atoms with E-state index < -0.39 is 33.3 Å². The molecular formula is C61H84N3O18S+.